The zero-order chi connectivity index (χ0) is 13.8. The van der Waals surface area contributed by atoms with E-state index in [0.717, 1.165) is 5.69 Å². The molecule has 1 N–H and O–H groups in total. The van der Waals surface area contributed by atoms with E-state index in [2.05, 4.69) is 15.6 Å². The molecular weight excluding hydrogens is 268 g/mol. The lowest BCUT2D eigenvalue weighted by Crippen LogP contribution is -2.10. The van der Waals surface area contributed by atoms with Crippen molar-refractivity contribution in [2.75, 3.05) is 12.4 Å². The van der Waals surface area contributed by atoms with Crippen LogP contribution in [-0.4, -0.2) is 28.1 Å². The molecule has 0 fully saturated rings. The summed E-state index contributed by atoms with van der Waals surface area (Å²) in [4.78, 5) is 11.7. The van der Waals surface area contributed by atoms with E-state index >= 15 is 0 Å². The van der Waals surface area contributed by atoms with Crippen molar-refractivity contribution < 1.29 is 9.53 Å². The molecule has 0 amide bonds. The van der Waals surface area contributed by atoms with Crippen molar-refractivity contribution in [3.63, 3.8) is 0 Å². The number of hydrogen-bond donors (Lipinski definition) is 1. The smallest absolute Gasteiger partial charge is 0.340 e. The van der Waals surface area contributed by atoms with E-state index in [1.807, 2.05) is 0 Å². The molecule has 2 rings (SSSR count). The second kappa shape index (κ2) is 5.71. The average Bonchev–Trinajstić information content (AvgIpc) is 2.82. The van der Waals surface area contributed by atoms with Gasteiger partial charge in [-0.1, -0.05) is 16.8 Å². The molecule has 7 heteroatoms. The highest BCUT2D eigenvalue weighted by Gasteiger charge is 2.12. The molecule has 19 heavy (non-hydrogen) atoms. The van der Waals surface area contributed by atoms with Gasteiger partial charge in [0.15, 0.2) is 0 Å². The van der Waals surface area contributed by atoms with Gasteiger partial charge in [0.05, 0.1) is 31.1 Å². The normalized spacial score (nSPS) is 10.3. The van der Waals surface area contributed by atoms with Crippen molar-refractivity contribution in [3.05, 3.63) is 40.7 Å². The summed E-state index contributed by atoms with van der Waals surface area (Å²) in [5.41, 5.74) is 1.94. The lowest BCUT2D eigenvalue weighted by Gasteiger charge is -2.11. The zero-order valence-corrected chi connectivity index (χ0v) is 11.3. The number of anilines is 1. The van der Waals surface area contributed by atoms with Crippen LogP contribution in [0.4, 0.5) is 5.69 Å². The predicted octanol–water partition coefficient (Wildman–Crippen LogP) is 1.87. The van der Waals surface area contributed by atoms with Crippen molar-refractivity contribution in [3.8, 4) is 0 Å². The topological polar surface area (TPSA) is 69.0 Å². The van der Waals surface area contributed by atoms with Crippen LogP contribution in [0.1, 0.15) is 16.1 Å². The zero-order valence-electron chi connectivity index (χ0n) is 10.6. The number of hydrogen-bond acceptors (Lipinski definition) is 5. The van der Waals surface area contributed by atoms with Gasteiger partial charge in [-0.25, -0.2) is 4.79 Å². The minimum absolute atomic E-state index is 0.394. The summed E-state index contributed by atoms with van der Waals surface area (Å²) in [6, 6.07) is 5.01. The van der Waals surface area contributed by atoms with Gasteiger partial charge >= 0.3 is 5.97 Å². The van der Waals surface area contributed by atoms with Gasteiger partial charge in [-0.3, -0.25) is 4.68 Å². The highest BCUT2D eigenvalue weighted by Crippen LogP contribution is 2.22. The van der Waals surface area contributed by atoms with Gasteiger partial charge in [-0.2, -0.15) is 0 Å². The van der Waals surface area contributed by atoms with Crippen LogP contribution in [0.5, 0.6) is 0 Å². The van der Waals surface area contributed by atoms with Crippen molar-refractivity contribution in [2.45, 2.75) is 6.54 Å². The van der Waals surface area contributed by atoms with Gasteiger partial charge in [-0.05, 0) is 18.2 Å². The van der Waals surface area contributed by atoms with E-state index in [4.69, 9.17) is 16.3 Å². The van der Waals surface area contributed by atoms with Gasteiger partial charge in [-0.15, -0.1) is 5.10 Å². The lowest BCUT2D eigenvalue weighted by molar-refractivity contribution is 0.0602. The summed E-state index contributed by atoms with van der Waals surface area (Å²) in [7, 11) is 3.13. The van der Waals surface area contributed by atoms with Crippen molar-refractivity contribution in [1.29, 1.82) is 0 Å². The summed E-state index contributed by atoms with van der Waals surface area (Å²) in [5, 5.41) is 11.2. The second-order valence-electron chi connectivity index (χ2n) is 3.88. The largest absolute Gasteiger partial charge is 0.465 e. The molecule has 1 heterocycles. The van der Waals surface area contributed by atoms with Crippen LogP contribution < -0.4 is 5.32 Å². The molecule has 0 aliphatic rings. The molecule has 0 aliphatic carbocycles. The number of aryl methyl sites for hydroxylation is 1. The molecule has 1 aromatic heterocycles. The number of carbonyl (C=O) groups excluding carboxylic acids is 1. The fourth-order valence-corrected chi connectivity index (χ4v) is 1.78. The Hall–Kier alpha value is -2.08. The van der Waals surface area contributed by atoms with Crippen LogP contribution >= 0.6 is 11.6 Å². The molecule has 0 saturated carbocycles. The minimum Gasteiger partial charge on any atom is -0.465 e. The van der Waals surface area contributed by atoms with Crippen LogP contribution in [0.2, 0.25) is 5.02 Å². The summed E-state index contributed by atoms with van der Waals surface area (Å²) < 4.78 is 6.38. The molecular formula is C12H13ClN4O2. The number of ether oxygens (including phenoxy) is 1. The number of carbonyl (C=O) groups is 1. The molecule has 1 aromatic carbocycles. The van der Waals surface area contributed by atoms with Crippen LogP contribution in [0.3, 0.4) is 0 Å². The van der Waals surface area contributed by atoms with Gasteiger partial charge in [0.25, 0.3) is 0 Å². The first-order valence-electron chi connectivity index (χ1n) is 5.57. The maximum Gasteiger partial charge on any atom is 0.340 e. The number of benzene rings is 1. The Labute approximate surface area is 115 Å². The summed E-state index contributed by atoms with van der Waals surface area (Å²) in [6.45, 7) is 0.495. The fraction of sp³-hybridized carbons (Fsp3) is 0.250. The molecule has 100 valence electrons. The quantitative estimate of drug-likeness (QED) is 0.866. The van der Waals surface area contributed by atoms with E-state index in [1.165, 1.54) is 7.11 Å². The number of nitrogens with zero attached hydrogens (tertiary/aromatic N) is 3. The molecule has 0 radical (unpaired) electrons. The van der Waals surface area contributed by atoms with E-state index in [1.54, 1.807) is 36.1 Å². The Bertz CT molecular complexity index is 597. The average molecular weight is 281 g/mol. The minimum atomic E-state index is -0.437. The van der Waals surface area contributed by atoms with Crippen molar-refractivity contribution in [2.24, 2.45) is 7.05 Å². The number of nitrogens with one attached hydrogen (secondary N) is 1. The monoisotopic (exact) mass is 280 g/mol. The standard InChI is InChI=1S/C12H13ClN4O2/c1-17-9(7-15-16-17)6-14-11-4-3-8(13)5-10(11)12(18)19-2/h3-5,7,14H,6H2,1-2H3. The third-order valence-electron chi connectivity index (χ3n) is 2.66. The highest BCUT2D eigenvalue weighted by atomic mass is 35.5. The number of esters is 1. The Morgan fingerprint density at radius 2 is 2.32 bits per heavy atom. The number of methoxy groups -OCH3 is 1. The van der Waals surface area contributed by atoms with E-state index in [-0.39, 0.29) is 0 Å². The Morgan fingerprint density at radius 1 is 1.53 bits per heavy atom. The third-order valence-corrected chi connectivity index (χ3v) is 2.89. The first-order valence-corrected chi connectivity index (χ1v) is 5.95. The van der Waals surface area contributed by atoms with Crippen LogP contribution in [0.15, 0.2) is 24.4 Å². The number of aromatic nitrogens is 3. The molecule has 0 bridgehead atoms. The Kier molecular flexibility index (Phi) is 4.01. The Balaban J connectivity index is 2.20. The van der Waals surface area contributed by atoms with Crippen molar-refractivity contribution in [1.82, 2.24) is 15.0 Å². The third kappa shape index (κ3) is 3.03. The van der Waals surface area contributed by atoms with E-state index in [9.17, 15) is 4.79 Å². The molecule has 0 atom stereocenters. The fourth-order valence-electron chi connectivity index (χ4n) is 1.61. The molecule has 6 nitrogen and oxygen atoms in total. The van der Waals surface area contributed by atoms with Gasteiger partial charge in [0, 0.05) is 17.8 Å². The molecule has 0 spiro atoms. The van der Waals surface area contributed by atoms with E-state index in [0.29, 0.717) is 22.8 Å². The summed E-state index contributed by atoms with van der Waals surface area (Å²) in [6.07, 6.45) is 1.65. The first-order chi connectivity index (χ1) is 9.11. The van der Waals surface area contributed by atoms with E-state index < -0.39 is 5.97 Å². The molecule has 0 saturated heterocycles. The summed E-state index contributed by atoms with van der Waals surface area (Å²) in [5.74, 6) is -0.437. The number of rotatable bonds is 4. The maximum atomic E-state index is 11.7. The van der Waals surface area contributed by atoms with Gasteiger partial charge in [0.2, 0.25) is 0 Å². The highest BCUT2D eigenvalue weighted by molar-refractivity contribution is 6.31. The van der Waals surface area contributed by atoms with Gasteiger partial charge < -0.3 is 10.1 Å². The van der Waals surface area contributed by atoms with Crippen LogP contribution in [-0.2, 0) is 18.3 Å². The lowest BCUT2D eigenvalue weighted by atomic mass is 10.1. The molecule has 0 aliphatic heterocycles. The number of halogens is 1. The molecule has 2 aromatic rings. The molecule has 0 unspecified atom stereocenters. The Morgan fingerprint density at radius 3 is 2.95 bits per heavy atom. The van der Waals surface area contributed by atoms with Crippen LogP contribution in [0.25, 0.3) is 0 Å². The van der Waals surface area contributed by atoms with Crippen LogP contribution in [0, 0.1) is 0 Å². The van der Waals surface area contributed by atoms with Crippen molar-refractivity contribution >= 4 is 23.3 Å². The maximum absolute atomic E-state index is 11.7. The SMILES string of the molecule is COC(=O)c1cc(Cl)ccc1NCc1cnnn1C. The summed E-state index contributed by atoms with van der Waals surface area (Å²) >= 11 is 5.88. The first kappa shape index (κ1) is 13.4. The predicted molar refractivity (Wildman–Crippen MR) is 71.1 cm³/mol. The van der Waals surface area contributed by atoms with Gasteiger partial charge in [0.1, 0.15) is 0 Å². The second-order valence-corrected chi connectivity index (χ2v) is 4.32.